The van der Waals surface area contributed by atoms with E-state index in [4.69, 9.17) is 0 Å². The van der Waals surface area contributed by atoms with Crippen LogP contribution in [0.5, 0.6) is 0 Å². The molecule has 0 bridgehead atoms. The van der Waals surface area contributed by atoms with Crippen molar-refractivity contribution < 1.29 is 0 Å². The Balaban J connectivity index is 4.24. The Kier molecular flexibility index (Phi) is 5.62. The number of hydrogen-bond donors (Lipinski definition) is 1. The highest BCUT2D eigenvalue weighted by atomic mass is 14.9. The molecule has 0 rings (SSSR count). The molecule has 0 radical (unpaired) electrons. The van der Waals surface area contributed by atoms with Crippen LogP contribution >= 0.6 is 0 Å². The molecule has 2 unspecified atom stereocenters. The lowest BCUT2D eigenvalue weighted by Gasteiger charge is -2.32. The number of hydrogen-bond acceptors (Lipinski definition) is 1. The smallest absolute Gasteiger partial charge is 0.0120 e. The zero-order valence-corrected chi connectivity index (χ0v) is 10.4. The number of nitrogens with one attached hydrogen (secondary N) is 1. The van der Waals surface area contributed by atoms with Crippen LogP contribution in [-0.2, 0) is 0 Å². The van der Waals surface area contributed by atoms with Crippen LogP contribution in [0.15, 0.2) is 0 Å². The van der Waals surface area contributed by atoms with Gasteiger partial charge in [-0.15, -0.1) is 0 Å². The largest absolute Gasteiger partial charge is 0.311 e. The van der Waals surface area contributed by atoms with Gasteiger partial charge in [-0.05, 0) is 17.8 Å². The molecule has 0 aromatic carbocycles. The van der Waals surface area contributed by atoms with E-state index >= 15 is 0 Å². The topological polar surface area (TPSA) is 12.0 Å². The highest BCUT2D eigenvalue weighted by Gasteiger charge is 2.23. The van der Waals surface area contributed by atoms with Crippen molar-refractivity contribution in [3.05, 3.63) is 0 Å². The van der Waals surface area contributed by atoms with E-state index < -0.39 is 0 Å². The average Bonchev–Trinajstić information content (AvgIpc) is 1.97. The summed E-state index contributed by atoms with van der Waals surface area (Å²) in [6.07, 6.45) is 0. The van der Waals surface area contributed by atoms with E-state index in [1.54, 1.807) is 0 Å². The summed E-state index contributed by atoms with van der Waals surface area (Å²) in [5.41, 5.74) is 0. The first kappa shape index (κ1) is 13.0. The van der Waals surface area contributed by atoms with Crippen molar-refractivity contribution in [3.63, 3.8) is 0 Å². The molecule has 0 aromatic rings. The Morgan fingerprint density at radius 1 is 0.692 bits per heavy atom. The van der Waals surface area contributed by atoms with Crippen molar-refractivity contribution in [2.75, 3.05) is 0 Å². The third kappa shape index (κ3) is 4.66. The van der Waals surface area contributed by atoms with Crippen molar-refractivity contribution in [3.8, 4) is 0 Å². The minimum Gasteiger partial charge on any atom is -0.311 e. The molecule has 80 valence electrons. The van der Waals surface area contributed by atoms with Crippen LogP contribution in [-0.4, -0.2) is 12.1 Å². The minimum atomic E-state index is 0.591. The first-order valence-electron chi connectivity index (χ1n) is 5.62. The maximum absolute atomic E-state index is 3.66. The molecule has 1 N–H and O–H groups in total. The maximum Gasteiger partial charge on any atom is 0.0120 e. The highest BCUT2D eigenvalue weighted by Crippen LogP contribution is 2.20. The van der Waals surface area contributed by atoms with Gasteiger partial charge in [0.15, 0.2) is 0 Å². The van der Waals surface area contributed by atoms with Gasteiger partial charge >= 0.3 is 0 Å². The van der Waals surface area contributed by atoms with E-state index in [1.807, 2.05) is 0 Å². The molecule has 0 aliphatic rings. The van der Waals surface area contributed by atoms with Crippen molar-refractivity contribution in [2.45, 2.75) is 60.5 Å². The fourth-order valence-electron chi connectivity index (χ4n) is 1.75. The highest BCUT2D eigenvalue weighted by molar-refractivity contribution is 4.79. The van der Waals surface area contributed by atoms with Crippen molar-refractivity contribution in [1.29, 1.82) is 0 Å². The van der Waals surface area contributed by atoms with E-state index in [1.165, 1.54) is 0 Å². The van der Waals surface area contributed by atoms with E-state index in [0.717, 1.165) is 17.8 Å². The molecule has 0 saturated carbocycles. The lowest BCUT2D eigenvalue weighted by molar-refractivity contribution is 0.231. The van der Waals surface area contributed by atoms with Gasteiger partial charge < -0.3 is 5.32 Å². The summed E-state index contributed by atoms with van der Waals surface area (Å²) in [5.74, 6) is 2.24. The van der Waals surface area contributed by atoms with Gasteiger partial charge in [-0.1, -0.05) is 48.5 Å². The standard InChI is InChI=1S/C12H27N/c1-8(2)11(7)12(9(3)4)13-10(5)6/h8-13H,1-7H3. The summed E-state index contributed by atoms with van der Waals surface area (Å²) < 4.78 is 0. The summed E-state index contributed by atoms with van der Waals surface area (Å²) >= 11 is 0. The molecular formula is C12H27N. The van der Waals surface area contributed by atoms with Crippen molar-refractivity contribution in [2.24, 2.45) is 17.8 Å². The molecule has 0 amide bonds. The van der Waals surface area contributed by atoms with Crippen LogP contribution in [0, 0.1) is 17.8 Å². The molecule has 2 atom stereocenters. The average molecular weight is 185 g/mol. The van der Waals surface area contributed by atoms with Gasteiger partial charge in [0, 0.05) is 12.1 Å². The fourth-order valence-corrected chi connectivity index (χ4v) is 1.75. The van der Waals surface area contributed by atoms with E-state index in [2.05, 4.69) is 53.8 Å². The summed E-state index contributed by atoms with van der Waals surface area (Å²) in [4.78, 5) is 0. The quantitative estimate of drug-likeness (QED) is 0.693. The second-order valence-corrected chi connectivity index (χ2v) is 5.19. The van der Waals surface area contributed by atoms with E-state index in [9.17, 15) is 0 Å². The van der Waals surface area contributed by atoms with E-state index in [-0.39, 0.29) is 0 Å². The molecular weight excluding hydrogens is 158 g/mol. The minimum absolute atomic E-state index is 0.591. The number of rotatable bonds is 5. The Bertz CT molecular complexity index is 127. The lowest BCUT2D eigenvalue weighted by atomic mass is 9.84. The van der Waals surface area contributed by atoms with Crippen molar-refractivity contribution in [1.82, 2.24) is 5.32 Å². The molecule has 0 spiro atoms. The Hall–Kier alpha value is -0.0400. The molecule has 0 aliphatic carbocycles. The second kappa shape index (κ2) is 5.64. The third-order valence-electron chi connectivity index (χ3n) is 2.86. The molecule has 1 heteroatoms. The van der Waals surface area contributed by atoms with Gasteiger partial charge in [-0.2, -0.15) is 0 Å². The Labute approximate surface area is 84.3 Å². The lowest BCUT2D eigenvalue weighted by Crippen LogP contribution is -2.44. The molecule has 0 aromatic heterocycles. The summed E-state index contributed by atoms with van der Waals surface area (Å²) in [6.45, 7) is 16.0. The SMILES string of the molecule is CC(C)NC(C(C)C)C(C)C(C)C. The first-order chi connectivity index (χ1) is 5.86. The monoisotopic (exact) mass is 185 g/mol. The Morgan fingerprint density at radius 3 is 1.38 bits per heavy atom. The molecule has 13 heavy (non-hydrogen) atoms. The van der Waals surface area contributed by atoms with Crippen LogP contribution in [0.2, 0.25) is 0 Å². The predicted molar refractivity (Wildman–Crippen MR) is 60.9 cm³/mol. The molecule has 0 aliphatic heterocycles. The second-order valence-electron chi connectivity index (χ2n) is 5.19. The maximum atomic E-state index is 3.66. The molecule has 0 heterocycles. The van der Waals surface area contributed by atoms with Gasteiger partial charge in [0.05, 0.1) is 0 Å². The van der Waals surface area contributed by atoms with Crippen molar-refractivity contribution >= 4 is 0 Å². The van der Waals surface area contributed by atoms with Gasteiger partial charge in [-0.25, -0.2) is 0 Å². The van der Waals surface area contributed by atoms with Gasteiger partial charge in [0.2, 0.25) is 0 Å². The van der Waals surface area contributed by atoms with Crippen LogP contribution in [0.1, 0.15) is 48.5 Å². The molecule has 0 saturated heterocycles. The zero-order valence-electron chi connectivity index (χ0n) is 10.4. The van der Waals surface area contributed by atoms with E-state index in [0.29, 0.717) is 12.1 Å². The molecule has 1 nitrogen and oxygen atoms in total. The van der Waals surface area contributed by atoms with Gasteiger partial charge in [-0.3, -0.25) is 0 Å². The van der Waals surface area contributed by atoms with Crippen LogP contribution < -0.4 is 5.32 Å². The summed E-state index contributed by atoms with van der Waals surface area (Å²) in [5, 5.41) is 3.66. The fraction of sp³-hybridized carbons (Fsp3) is 1.00. The Morgan fingerprint density at radius 2 is 1.15 bits per heavy atom. The van der Waals surface area contributed by atoms with Crippen LogP contribution in [0.25, 0.3) is 0 Å². The molecule has 0 fully saturated rings. The first-order valence-corrected chi connectivity index (χ1v) is 5.62. The predicted octanol–water partition coefficient (Wildman–Crippen LogP) is 3.30. The van der Waals surface area contributed by atoms with Crippen LogP contribution in [0.4, 0.5) is 0 Å². The zero-order chi connectivity index (χ0) is 10.6. The summed E-state index contributed by atoms with van der Waals surface area (Å²) in [6, 6.07) is 1.24. The normalized spacial score (nSPS) is 17.1. The van der Waals surface area contributed by atoms with Crippen LogP contribution in [0.3, 0.4) is 0 Å². The van der Waals surface area contributed by atoms with Gasteiger partial charge in [0.25, 0.3) is 0 Å². The summed E-state index contributed by atoms with van der Waals surface area (Å²) in [7, 11) is 0. The van der Waals surface area contributed by atoms with Gasteiger partial charge in [0.1, 0.15) is 0 Å². The third-order valence-corrected chi connectivity index (χ3v) is 2.86.